The van der Waals surface area contributed by atoms with Gasteiger partial charge in [0.05, 0.1) is 22.2 Å². The number of aryl methyl sites for hydroxylation is 1. The topological polar surface area (TPSA) is 56.7 Å². The van der Waals surface area contributed by atoms with Crippen LogP contribution in [-0.4, -0.2) is 14.8 Å². The summed E-state index contributed by atoms with van der Waals surface area (Å²) < 4.78 is 78.5. The average molecular weight is 360 g/mol. The van der Waals surface area contributed by atoms with Gasteiger partial charge in [0.2, 0.25) is 0 Å². The molecule has 0 amide bonds. The van der Waals surface area contributed by atoms with Gasteiger partial charge in [0.25, 0.3) is 0 Å². The lowest BCUT2D eigenvalue weighted by Crippen LogP contribution is -2.08. The highest BCUT2D eigenvalue weighted by Gasteiger charge is 2.36. The number of fused-ring (bicyclic) bond motifs is 1. The van der Waals surface area contributed by atoms with E-state index in [0.29, 0.717) is 0 Å². The van der Waals surface area contributed by atoms with Crippen LogP contribution in [0, 0.1) is 6.92 Å². The van der Waals surface area contributed by atoms with Crippen LogP contribution in [-0.2, 0) is 12.4 Å². The van der Waals surface area contributed by atoms with Gasteiger partial charge < -0.3 is 5.73 Å². The molecule has 0 aliphatic heterocycles. The minimum Gasteiger partial charge on any atom is -0.383 e. The standard InChI is InChI=1S/C15H10F6N4/c1-7-6-10(15(19,20)21)11-12(22)25(24-13(11)23-7)9-4-2-8(3-5-9)14(16,17)18/h2-6H,22H2,1H3. The summed E-state index contributed by atoms with van der Waals surface area (Å²) in [5.41, 5.74) is 3.85. The van der Waals surface area contributed by atoms with Crippen LogP contribution in [0.1, 0.15) is 16.8 Å². The third-order valence-corrected chi connectivity index (χ3v) is 3.55. The van der Waals surface area contributed by atoms with Gasteiger partial charge in [-0.25, -0.2) is 9.67 Å². The molecule has 1 aromatic carbocycles. The van der Waals surface area contributed by atoms with Gasteiger partial charge in [0.1, 0.15) is 5.82 Å². The fourth-order valence-corrected chi connectivity index (χ4v) is 2.45. The Bertz CT molecular complexity index is 938. The molecule has 0 saturated heterocycles. The molecule has 2 N–H and O–H groups in total. The van der Waals surface area contributed by atoms with Crippen LogP contribution in [0.2, 0.25) is 0 Å². The van der Waals surface area contributed by atoms with E-state index in [1.807, 2.05) is 0 Å². The smallest absolute Gasteiger partial charge is 0.383 e. The Morgan fingerprint density at radius 2 is 1.56 bits per heavy atom. The zero-order valence-corrected chi connectivity index (χ0v) is 12.6. The molecule has 25 heavy (non-hydrogen) atoms. The third kappa shape index (κ3) is 2.99. The maximum Gasteiger partial charge on any atom is 0.417 e. The van der Waals surface area contributed by atoms with Crippen molar-refractivity contribution in [2.75, 3.05) is 5.73 Å². The Morgan fingerprint density at radius 1 is 0.960 bits per heavy atom. The number of hydrogen-bond acceptors (Lipinski definition) is 3. The van der Waals surface area contributed by atoms with Crippen LogP contribution in [0.25, 0.3) is 16.7 Å². The number of hydrogen-bond donors (Lipinski definition) is 1. The molecular weight excluding hydrogens is 350 g/mol. The van der Waals surface area contributed by atoms with Crippen LogP contribution in [0.15, 0.2) is 30.3 Å². The molecule has 2 aromatic heterocycles. The molecule has 3 aromatic rings. The molecule has 0 spiro atoms. The van der Waals surface area contributed by atoms with E-state index >= 15 is 0 Å². The van der Waals surface area contributed by atoms with E-state index in [2.05, 4.69) is 10.1 Å². The van der Waals surface area contributed by atoms with E-state index < -0.39 is 28.9 Å². The molecule has 0 aliphatic rings. The summed E-state index contributed by atoms with van der Waals surface area (Å²) >= 11 is 0. The summed E-state index contributed by atoms with van der Waals surface area (Å²) in [6.07, 6.45) is -9.20. The fraction of sp³-hybridized carbons (Fsp3) is 0.200. The van der Waals surface area contributed by atoms with E-state index in [4.69, 9.17) is 5.73 Å². The molecule has 0 bridgehead atoms. The monoisotopic (exact) mass is 360 g/mol. The van der Waals surface area contributed by atoms with Gasteiger partial charge in [-0.2, -0.15) is 26.3 Å². The number of halogens is 6. The van der Waals surface area contributed by atoms with Crippen molar-refractivity contribution in [2.24, 2.45) is 0 Å². The van der Waals surface area contributed by atoms with Gasteiger partial charge in [-0.1, -0.05) is 0 Å². The average Bonchev–Trinajstić information content (AvgIpc) is 2.81. The summed E-state index contributed by atoms with van der Waals surface area (Å²) in [6.45, 7) is 1.38. The first-order valence-corrected chi connectivity index (χ1v) is 6.89. The number of nitrogen functional groups attached to an aromatic ring is 1. The normalized spacial score (nSPS) is 12.8. The molecule has 3 rings (SSSR count). The molecule has 0 atom stereocenters. The predicted molar refractivity (Wildman–Crippen MR) is 78.0 cm³/mol. The summed E-state index contributed by atoms with van der Waals surface area (Å²) in [4.78, 5) is 3.92. The second kappa shape index (κ2) is 5.36. The van der Waals surface area contributed by atoms with Crippen LogP contribution in [0.4, 0.5) is 32.2 Å². The van der Waals surface area contributed by atoms with Gasteiger partial charge in [0.15, 0.2) is 5.65 Å². The number of pyridine rings is 1. The van der Waals surface area contributed by atoms with Gasteiger partial charge in [0, 0.05) is 5.69 Å². The lowest BCUT2D eigenvalue weighted by Gasteiger charge is -2.10. The lowest BCUT2D eigenvalue weighted by molar-refractivity contribution is -0.138. The first-order valence-electron chi connectivity index (χ1n) is 6.89. The van der Waals surface area contributed by atoms with E-state index in [0.717, 1.165) is 35.0 Å². The molecule has 0 saturated carbocycles. The first-order chi connectivity index (χ1) is 11.5. The van der Waals surface area contributed by atoms with Gasteiger partial charge >= 0.3 is 12.4 Å². The van der Waals surface area contributed by atoms with Gasteiger partial charge in [-0.05, 0) is 37.3 Å². The number of benzene rings is 1. The SMILES string of the molecule is Cc1cc(C(F)(F)F)c2c(N)n(-c3ccc(C(F)(F)F)cc3)nc2n1. The molecule has 0 fully saturated rings. The van der Waals surface area contributed by atoms with Crippen molar-refractivity contribution in [3.63, 3.8) is 0 Å². The van der Waals surface area contributed by atoms with Crippen molar-refractivity contribution >= 4 is 16.9 Å². The highest BCUT2D eigenvalue weighted by Crippen LogP contribution is 2.38. The summed E-state index contributed by atoms with van der Waals surface area (Å²) in [6, 6.07) is 4.59. The number of anilines is 1. The Hall–Kier alpha value is -2.78. The number of rotatable bonds is 1. The van der Waals surface area contributed by atoms with E-state index in [1.165, 1.54) is 6.92 Å². The van der Waals surface area contributed by atoms with Crippen LogP contribution in [0.3, 0.4) is 0 Å². The van der Waals surface area contributed by atoms with E-state index in [9.17, 15) is 26.3 Å². The molecule has 0 unspecified atom stereocenters. The maximum absolute atomic E-state index is 13.2. The maximum atomic E-state index is 13.2. The van der Waals surface area contributed by atoms with Crippen LogP contribution < -0.4 is 5.73 Å². The molecular formula is C15H10F6N4. The lowest BCUT2D eigenvalue weighted by atomic mass is 10.1. The van der Waals surface area contributed by atoms with E-state index in [1.54, 1.807) is 0 Å². The zero-order valence-electron chi connectivity index (χ0n) is 12.6. The fourth-order valence-electron chi connectivity index (χ4n) is 2.45. The van der Waals surface area contributed by atoms with E-state index in [-0.39, 0.29) is 22.8 Å². The molecule has 4 nitrogen and oxygen atoms in total. The quantitative estimate of drug-likeness (QED) is 0.657. The number of nitrogens with two attached hydrogens (primary N) is 1. The zero-order chi connectivity index (χ0) is 18.6. The number of alkyl halides is 6. The second-order valence-corrected chi connectivity index (χ2v) is 5.35. The van der Waals surface area contributed by atoms with Crippen molar-refractivity contribution in [3.05, 3.63) is 47.2 Å². The highest BCUT2D eigenvalue weighted by atomic mass is 19.4. The van der Waals surface area contributed by atoms with Gasteiger partial charge in [-0.3, -0.25) is 0 Å². The summed E-state index contributed by atoms with van der Waals surface area (Å²) in [5, 5.41) is 3.52. The van der Waals surface area contributed by atoms with Crippen molar-refractivity contribution in [1.29, 1.82) is 0 Å². The first kappa shape index (κ1) is 17.1. The summed E-state index contributed by atoms with van der Waals surface area (Å²) in [7, 11) is 0. The molecule has 132 valence electrons. The van der Waals surface area contributed by atoms with Crippen molar-refractivity contribution < 1.29 is 26.3 Å². The largest absolute Gasteiger partial charge is 0.417 e. The van der Waals surface area contributed by atoms with Crippen molar-refractivity contribution in [1.82, 2.24) is 14.8 Å². The Balaban J connectivity index is 2.20. The number of aromatic nitrogens is 3. The predicted octanol–water partition coefficient (Wildman–Crippen LogP) is 4.35. The third-order valence-electron chi connectivity index (χ3n) is 3.55. The molecule has 2 heterocycles. The molecule has 0 aliphatic carbocycles. The Kier molecular flexibility index (Phi) is 3.66. The minimum atomic E-state index is -4.67. The van der Waals surface area contributed by atoms with Crippen molar-refractivity contribution in [3.8, 4) is 5.69 Å². The van der Waals surface area contributed by atoms with Gasteiger partial charge in [-0.15, -0.1) is 5.10 Å². The summed E-state index contributed by atoms with van der Waals surface area (Å²) in [5.74, 6) is -0.352. The minimum absolute atomic E-state index is 0.0919. The van der Waals surface area contributed by atoms with Crippen molar-refractivity contribution in [2.45, 2.75) is 19.3 Å². The molecule has 10 heteroatoms. The Labute approximate surface area is 136 Å². The number of nitrogens with zero attached hydrogens (tertiary/aromatic N) is 3. The Morgan fingerprint density at radius 3 is 2.08 bits per heavy atom. The second-order valence-electron chi connectivity index (χ2n) is 5.35. The van der Waals surface area contributed by atoms with Crippen LogP contribution >= 0.6 is 0 Å². The highest BCUT2D eigenvalue weighted by molar-refractivity contribution is 5.91. The molecule has 0 radical (unpaired) electrons. The van der Waals surface area contributed by atoms with Crippen LogP contribution in [0.5, 0.6) is 0 Å².